The average molecular weight is 501 g/mol. The molecule has 1 atom stereocenters. The Morgan fingerprint density at radius 3 is 2.56 bits per heavy atom. The van der Waals surface area contributed by atoms with Gasteiger partial charge in [-0.3, -0.25) is 9.59 Å². The highest BCUT2D eigenvalue weighted by Gasteiger charge is 2.28. The fourth-order valence-corrected chi connectivity index (χ4v) is 4.44. The van der Waals surface area contributed by atoms with E-state index >= 15 is 0 Å². The third-order valence-electron chi connectivity index (χ3n) is 5.94. The Morgan fingerprint density at radius 1 is 1.16 bits per heavy atom. The van der Waals surface area contributed by atoms with Gasteiger partial charge in [-0.25, -0.2) is 0 Å². The normalized spacial score (nSPS) is 14.7. The largest absolute Gasteiger partial charge is 0.494 e. The van der Waals surface area contributed by atoms with E-state index in [1.54, 1.807) is 4.90 Å². The van der Waals surface area contributed by atoms with Crippen molar-refractivity contribution in [2.75, 3.05) is 6.61 Å². The van der Waals surface area contributed by atoms with Gasteiger partial charge in [0.15, 0.2) is 0 Å². The zero-order valence-electron chi connectivity index (χ0n) is 19.0. The van der Waals surface area contributed by atoms with Crippen LogP contribution in [0.15, 0.2) is 53.0 Å². The van der Waals surface area contributed by atoms with Crippen molar-refractivity contribution in [1.29, 1.82) is 0 Å². The molecule has 1 aliphatic rings. The van der Waals surface area contributed by atoms with Gasteiger partial charge < -0.3 is 15.0 Å². The van der Waals surface area contributed by atoms with E-state index in [-0.39, 0.29) is 17.9 Å². The third kappa shape index (κ3) is 7.37. The molecule has 1 N–H and O–H groups in total. The number of hydrogen-bond donors (Lipinski definition) is 1. The summed E-state index contributed by atoms with van der Waals surface area (Å²) in [6.07, 6.45) is 5.28. The lowest BCUT2D eigenvalue weighted by Gasteiger charge is -2.30. The Kier molecular flexibility index (Phi) is 9.15. The maximum Gasteiger partial charge on any atom is 0.242 e. The number of amides is 2. The number of benzene rings is 2. The lowest BCUT2D eigenvalue weighted by Crippen LogP contribution is -2.49. The average Bonchev–Trinajstić information content (AvgIpc) is 3.28. The second kappa shape index (κ2) is 12.0. The molecule has 1 aliphatic carbocycles. The van der Waals surface area contributed by atoms with Crippen LogP contribution in [0.25, 0.3) is 0 Å². The van der Waals surface area contributed by atoms with Gasteiger partial charge in [0.2, 0.25) is 11.8 Å². The molecule has 1 saturated carbocycles. The Morgan fingerprint density at radius 2 is 1.88 bits per heavy atom. The summed E-state index contributed by atoms with van der Waals surface area (Å²) in [5, 5.41) is 3.14. The lowest BCUT2D eigenvalue weighted by molar-refractivity contribution is -0.141. The Bertz CT molecular complexity index is 894. The van der Waals surface area contributed by atoms with E-state index in [1.165, 1.54) is 5.56 Å². The summed E-state index contributed by atoms with van der Waals surface area (Å²) in [5.41, 5.74) is 2.17. The standard InChI is InChI=1S/C26H33BrN2O3/c1-19-12-14-24(15-13-19)32-16-6-11-25(30)29(18-21-7-5-8-22(27)17-21)20(2)26(31)28-23-9-3-4-10-23/h5,7-8,12-15,17,20,23H,3-4,6,9-11,16,18H2,1-2H3,(H,28,31). The van der Waals surface area contributed by atoms with Crippen molar-refractivity contribution >= 4 is 27.7 Å². The second-order valence-corrected chi connectivity index (χ2v) is 9.50. The first-order valence-corrected chi connectivity index (χ1v) is 12.3. The molecule has 0 aliphatic heterocycles. The summed E-state index contributed by atoms with van der Waals surface area (Å²) >= 11 is 3.49. The minimum Gasteiger partial charge on any atom is -0.494 e. The molecule has 0 saturated heterocycles. The fourth-order valence-electron chi connectivity index (χ4n) is 4.00. The monoisotopic (exact) mass is 500 g/mol. The minimum atomic E-state index is -0.528. The molecule has 0 spiro atoms. The Hall–Kier alpha value is -2.34. The molecule has 2 aromatic carbocycles. The van der Waals surface area contributed by atoms with E-state index in [0.29, 0.717) is 26.0 Å². The highest BCUT2D eigenvalue weighted by atomic mass is 79.9. The summed E-state index contributed by atoms with van der Waals surface area (Å²) < 4.78 is 6.72. The predicted molar refractivity (Wildman–Crippen MR) is 130 cm³/mol. The maximum atomic E-state index is 13.2. The molecule has 6 heteroatoms. The van der Waals surface area contributed by atoms with Crippen LogP contribution in [0.2, 0.25) is 0 Å². The van der Waals surface area contributed by atoms with Gasteiger partial charge in [-0.05, 0) is 62.9 Å². The summed E-state index contributed by atoms with van der Waals surface area (Å²) in [6.45, 7) is 4.72. The Labute approximate surface area is 199 Å². The number of ether oxygens (including phenoxy) is 1. The number of hydrogen-bond acceptors (Lipinski definition) is 3. The number of carbonyl (C=O) groups is 2. The molecule has 32 heavy (non-hydrogen) atoms. The molecule has 2 aromatic rings. The molecule has 1 unspecified atom stereocenters. The summed E-state index contributed by atoms with van der Waals surface area (Å²) in [5.74, 6) is 0.695. The van der Waals surface area contributed by atoms with Crippen LogP contribution in [-0.4, -0.2) is 35.4 Å². The van der Waals surface area contributed by atoms with E-state index in [9.17, 15) is 9.59 Å². The molecular weight excluding hydrogens is 468 g/mol. The van der Waals surface area contributed by atoms with Crippen LogP contribution in [0.5, 0.6) is 5.75 Å². The van der Waals surface area contributed by atoms with Crippen LogP contribution in [0.1, 0.15) is 56.6 Å². The molecule has 3 rings (SSSR count). The maximum absolute atomic E-state index is 13.2. The van der Waals surface area contributed by atoms with Crippen LogP contribution < -0.4 is 10.1 Å². The van der Waals surface area contributed by atoms with E-state index in [2.05, 4.69) is 21.2 Å². The van der Waals surface area contributed by atoms with Gasteiger partial charge in [-0.1, -0.05) is 58.6 Å². The molecule has 0 radical (unpaired) electrons. The van der Waals surface area contributed by atoms with Crippen LogP contribution in [0, 0.1) is 6.92 Å². The van der Waals surface area contributed by atoms with Gasteiger partial charge in [-0.15, -0.1) is 0 Å². The highest BCUT2D eigenvalue weighted by molar-refractivity contribution is 9.10. The first-order chi connectivity index (χ1) is 15.4. The van der Waals surface area contributed by atoms with Crippen molar-refractivity contribution < 1.29 is 14.3 Å². The zero-order valence-corrected chi connectivity index (χ0v) is 20.6. The topological polar surface area (TPSA) is 58.6 Å². The van der Waals surface area contributed by atoms with Gasteiger partial charge in [0.25, 0.3) is 0 Å². The van der Waals surface area contributed by atoms with Crippen LogP contribution in [0.4, 0.5) is 0 Å². The molecule has 0 heterocycles. The van der Waals surface area contributed by atoms with Gasteiger partial charge in [0, 0.05) is 23.5 Å². The van der Waals surface area contributed by atoms with Gasteiger partial charge in [0.05, 0.1) is 6.61 Å². The van der Waals surface area contributed by atoms with Gasteiger partial charge >= 0.3 is 0 Å². The fraction of sp³-hybridized carbons (Fsp3) is 0.462. The third-order valence-corrected chi connectivity index (χ3v) is 6.43. The Balaban J connectivity index is 1.59. The number of halogens is 1. The first-order valence-electron chi connectivity index (χ1n) is 11.5. The van der Waals surface area contributed by atoms with Gasteiger partial charge in [0.1, 0.15) is 11.8 Å². The number of nitrogens with zero attached hydrogens (tertiary/aromatic N) is 1. The van der Waals surface area contributed by atoms with Crippen LogP contribution in [0.3, 0.4) is 0 Å². The molecule has 0 bridgehead atoms. The number of carbonyl (C=O) groups excluding carboxylic acids is 2. The number of rotatable bonds is 10. The molecule has 172 valence electrons. The van der Waals surface area contributed by atoms with Crippen molar-refractivity contribution in [3.05, 3.63) is 64.1 Å². The molecule has 2 amide bonds. The summed E-state index contributed by atoms with van der Waals surface area (Å²) in [7, 11) is 0. The SMILES string of the molecule is Cc1ccc(OCCCC(=O)N(Cc2cccc(Br)c2)C(C)C(=O)NC2CCCC2)cc1. The van der Waals surface area contributed by atoms with Crippen molar-refractivity contribution in [3.63, 3.8) is 0 Å². The summed E-state index contributed by atoms with van der Waals surface area (Å²) in [6, 6.07) is 15.5. The smallest absolute Gasteiger partial charge is 0.242 e. The number of nitrogens with one attached hydrogen (secondary N) is 1. The van der Waals surface area contributed by atoms with E-state index in [1.807, 2.05) is 62.4 Å². The van der Waals surface area contributed by atoms with E-state index in [0.717, 1.165) is 41.5 Å². The second-order valence-electron chi connectivity index (χ2n) is 8.58. The highest BCUT2D eigenvalue weighted by Crippen LogP contribution is 2.20. The van der Waals surface area contributed by atoms with Crippen molar-refractivity contribution in [2.45, 2.75) is 71.0 Å². The zero-order chi connectivity index (χ0) is 22.9. The minimum absolute atomic E-state index is 0.0356. The van der Waals surface area contributed by atoms with Crippen molar-refractivity contribution in [2.24, 2.45) is 0 Å². The molecule has 0 aromatic heterocycles. The summed E-state index contributed by atoms with van der Waals surface area (Å²) in [4.78, 5) is 27.7. The predicted octanol–water partition coefficient (Wildman–Crippen LogP) is 5.39. The molecular formula is C26H33BrN2O3. The van der Waals surface area contributed by atoms with E-state index < -0.39 is 6.04 Å². The van der Waals surface area contributed by atoms with Crippen molar-refractivity contribution in [3.8, 4) is 5.75 Å². The first kappa shape index (κ1) is 24.3. The molecule has 1 fully saturated rings. The van der Waals surface area contributed by atoms with Crippen molar-refractivity contribution in [1.82, 2.24) is 10.2 Å². The quantitative estimate of drug-likeness (QED) is 0.444. The van der Waals surface area contributed by atoms with Crippen LogP contribution in [-0.2, 0) is 16.1 Å². The lowest BCUT2D eigenvalue weighted by atomic mass is 10.1. The molecule has 5 nitrogen and oxygen atoms in total. The number of aryl methyl sites for hydroxylation is 1. The van der Waals surface area contributed by atoms with E-state index in [4.69, 9.17) is 4.74 Å². The van der Waals surface area contributed by atoms with Crippen LogP contribution >= 0.6 is 15.9 Å². The van der Waals surface area contributed by atoms with Gasteiger partial charge in [-0.2, -0.15) is 0 Å².